The van der Waals surface area contributed by atoms with Crippen LogP contribution in [0.5, 0.6) is 0 Å². The van der Waals surface area contributed by atoms with E-state index >= 15 is 0 Å². The molecule has 0 radical (unpaired) electrons. The lowest BCUT2D eigenvalue weighted by molar-refractivity contribution is 0.212. The first-order valence-electron chi connectivity index (χ1n) is 7.07. The van der Waals surface area contributed by atoms with E-state index in [-0.39, 0.29) is 0 Å². The van der Waals surface area contributed by atoms with Crippen LogP contribution in [-0.4, -0.2) is 6.04 Å². The number of fused-ring (bicyclic) bond motifs is 1. The Morgan fingerprint density at radius 1 is 1.05 bits per heavy atom. The van der Waals surface area contributed by atoms with E-state index < -0.39 is 0 Å². The van der Waals surface area contributed by atoms with E-state index in [1.807, 2.05) is 0 Å². The molecule has 0 spiro atoms. The summed E-state index contributed by atoms with van der Waals surface area (Å²) >= 11 is 3.52. The molecule has 0 unspecified atom stereocenters. The van der Waals surface area contributed by atoms with Crippen molar-refractivity contribution in [2.45, 2.75) is 32.7 Å². The minimum atomic E-state index is 0.667. The van der Waals surface area contributed by atoms with Gasteiger partial charge in [-0.15, -0.1) is 0 Å². The van der Waals surface area contributed by atoms with Gasteiger partial charge in [0, 0.05) is 16.2 Å². The summed E-state index contributed by atoms with van der Waals surface area (Å²) in [6.45, 7) is 4.66. The number of hydrogen-bond acceptors (Lipinski definition) is 1. The van der Waals surface area contributed by atoms with E-state index in [0.29, 0.717) is 6.04 Å². The maximum atomic E-state index is 3.66. The van der Waals surface area contributed by atoms with Gasteiger partial charge in [0.25, 0.3) is 0 Å². The Labute approximate surface area is 123 Å². The molecule has 0 amide bonds. The molecule has 0 saturated heterocycles. The third-order valence-corrected chi connectivity index (χ3v) is 4.78. The summed E-state index contributed by atoms with van der Waals surface area (Å²) in [5.74, 6) is 1.74. The lowest BCUT2D eigenvalue weighted by Gasteiger charge is -2.39. The van der Waals surface area contributed by atoms with Crippen molar-refractivity contribution in [3.05, 3.63) is 40.9 Å². The Bertz CT molecular complexity index is 585. The molecule has 100 valence electrons. The SMILES string of the molecule is CC(C)C1CC(Nc2ccc3cc(Br)ccc3c2)C1. The Morgan fingerprint density at radius 2 is 1.74 bits per heavy atom. The number of nitrogens with one attached hydrogen (secondary N) is 1. The van der Waals surface area contributed by atoms with Gasteiger partial charge in [0.1, 0.15) is 0 Å². The molecule has 2 aromatic rings. The Kier molecular flexibility index (Phi) is 3.53. The highest BCUT2D eigenvalue weighted by Gasteiger charge is 2.30. The lowest BCUT2D eigenvalue weighted by atomic mass is 9.73. The molecule has 1 fully saturated rings. The van der Waals surface area contributed by atoms with E-state index in [0.717, 1.165) is 16.3 Å². The second kappa shape index (κ2) is 5.16. The minimum Gasteiger partial charge on any atom is -0.382 e. The van der Waals surface area contributed by atoms with E-state index in [4.69, 9.17) is 0 Å². The van der Waals surface area contributed by atoms with Crippen molar-refractivity contribution < 1.29 is 0 Å². The van der Waals surface area contributed by atoms with Crippen molar-refractivity contribution in [3.63, 3.8) is 0 Å². The van der Waals surface area contributed by atoms with Crippen LogP contribution in [0.3, 0.4) is 0 Å². The van der Waals surface area contributed by atoms with Gasteiger partial charge in [-0.3, -0.25) is 0 Å². The summed E-state index contributed by atoms with van der Waals surface area (Å²) in [4.78, 5) is 0. The fraction of sp³-hybridized carbons (Fsp3) is 0.412. The van der Waals surface area contributed by atoms with Crippen molar-refractivity contribution in [2.24, 2.45) is 11.8 Å². The Balaban J connectivity index is 1.71. The maximum Gasteiger partial charge on any atom is 0.0348 e. The van der Waals surface area contributed by atoms with Gasteiger partial charge in [-0.1, -0.05) is 41.9 Å². The van der Waals surface area contributed by atoms with Crippen molar-refractivity contribution in [3.8, 4) is 0 Å². The Hall–Kier alpha value is -1.02. The third kappa shape index (κ3) is 2.79. The molecule has 1 N–H and O–H groups in total. The highest BCUT2D eigenvalue weighted by molar-refractivity contribution is 9.10. The molecular formula is C17H20BrN. The van der Waals surface area contributed by atoms with E-state index in [9.17, 15) is 0 Å². The van der Waals surface area contributed by atoms with Gasteiger partial charge >= 0.3 is 0 Å². The highest BCUT2D eigenvalue weighted by Crippen LogP contribution is 2.36. The summed E-state index contributed by atoms with van der Waals surface area (Å²) < 4.78 is 1.14. The lowest BCUT2D eigenvalue weighted by Crippen LogP contribution is -2.37. The second-order valence-electron chi connectivity index (χ2n) is 6.02. The van der Waals surface area contributed by atoms with Crippen molar-refractivity contribution >= 4 is 32.4 Å². The zero-order valence-electron chi connectivity index (χ0n) is 11.5. The molecule has 1 aliphatic carbocycles. The number of rotatable bonds is 3. The largest absolute Gasteiger partial charge is 0.382 e. The maximum absolute atomic E-state index is 3.66. The first-order chi connectivity index (χ1) is 9.11. The summed E-state index contributed by atoms with van der Waals surface area (Å²) in [5, 5.41) is 6.24. The molecule has 1 saturated carbocycles. The van der Waals surface area contributed by atoms with Gasteiger partial charge in [-0.25, -0.2) is 0 Å². The molecule has 0 bridgehead atoms. The van der Waals surface area contributed by atoms with E-state index in [1.165, 1.54) is 29.3 Å². The topological polar surface area (TPSA) is 12.0 Å². The number of benzene rings is 2. The Morgan fingerprint density at radius 3 is 2.47 bits per heavy atom. The van der Waals surface area contributed by atoms with E-state index in [2.05, 4.69) is 71.5 Å². The quantitative estimate of drug-likeness (QED) is 0.793. The first-order valence-corrected chi connectivity index (χ1v) is 7.87. The van der Waals surface area contributed by atoms with Gasteiger partial charge in [-0.05, 0) is 59.7 Å². The van der Waals surface area contributed by atoms with Crippen LogP contribution < -0.4 is 5.32 Å². The van der Waals surface area contributed by atoms with E-state index in [1.54, 1.807) is 0 Å². The second-order valence-corrected chi connectivity index (χ2v) is 6.94. The number of anilines is 1. The van der Waals surface area contributed by atoms with Gasteiger partial charge < -0.3 is 5.32 Å². The average molecular weight is 318 g/mol. The summed E-state index contributed by atoms with van der Waals surface area (Å²) in [6, 6.07) is 13.7. The van der Waals surface area contributed by atoms with Crippen LogP contribution in [-0.2, 0) is 0 Å². The predicted octanol–water partition coefficient (Wildman–Crippen LogP) is 5.45. The predicted molar refractivity (Wildman–Crippen MR) is 86.6 cm³/mol. The van der Waals surface area contributed by atoms with Gasteiger partial charge in [0.2, 0.25) is 0 Å². The highest BCUT2D eigenvalue weighted by atomic mass is 79.9. The van der Waals surface area contributed by atoms with Crippen LogP contribution in [0.25, 0.3) is 10.8 Å². The standard InChI is InChI=1S/C17H20BrN/c1-11(2)14-9-17(10-14)19-16-6-4-12-7-15(18)5-3-13(12)8-16/h3-8,11,14,17,19H,9-10H2,1-2H3. The van der Waals surface area contributed by atoms with Gasteiger partial charge in [0.15, 0.2) is 0 Å². The molecule has 3 rings (SSSR count). The molecule has 0 atom stereocenters. The molecule has 1 nitrogen and oxygen atoms in total. The van der Waals surface area contributed by atoms with Crippen LogP contribution in [0.1, 0.15) is 26.7 Å². The van der Waals surface area contributed by atoms with Gasteiger partial charge in [-0.2, -0.15) is 0 Å². The van der Waals surface area contributed by atoms with Crippen LogP contribution in [0.15, 0.2) is 40.9 Å². The van der Waals surface area contributed by atoms with Gasteiger partial charge in [0.05, 0.1) is 0 Å². The third-order valence-electron chi connectivity index (χ3n) is 4.29. The van der Waals surface area contributed by atoms with Crippen LogP contribution in [0.2, 0.25) is 0 Å². The summed E-state index contributed by atoms with van der Waals surface area (Å²) in [6.07, 6.45) is 2.63. The minimum absolute atomic E-state index is 0.667. The zero-order valence-corrected chi connectivity index (χ0v) is 13.1. The molecule has 2 heteroatoms. The summed E-state index contributed by atoms with van der Waals surface area (Å²) in [7, 11) is 0. The first kappa shape index (κ1) is 13.0. The monoisotopic (exact) mass is 317 g/mol. The van der Waals surface area contributed by atoms with Crippen molar-refractivity contribution in [2.75, 3.05) is 5.32 Å². The van der Waals surface area contributed by atoms with Crippen LogP contribution in [0.4, 0.5) is 5.69 Å². The number of halogens is 1. The van der Waals surface area contributed by atoms with Crippen molar-refractivity contribution in [1.82, 2.24) is 0 Å². The van der Waals surface area contributed by atoms with Crippen LogP contribution in [0, 0.1) is 11.8 Å². The fourth-order valence-corrected chi connectivity index (χ4v) is 3.24. The average Bonchev–Trinajstić information content (AvgIpc) is 2.32. The normalized spacial score (nSPS) is 22.5. The molecule has 0 aliphatic heterocycles. The van der Waals surface area contributed by atoms with Crippen LogP contribution >= 0.6 is 15.9 Å². The molecule has 0 aromatic heterocycles. The molecule has 19 heavy (non-hydrogen) atoms. The molecule has 0 heterocycles. The zero-order chi connectivity index (χ0) is 13.4. The fourth-order valence-electron chi connectivity index (χ4n) is 2.87. The molecule has 1 aliphatic rings. The summed E-state index contributed by atoms with van der Waals surface area (Å²) in [5.41, 5.74) is 1.25. The number of hydrogen-bond donors (Lipinski definition) is 1. The molecular weight excluding hydrogens is 298 g/mol. The smallest absolute Gasteiger partial charge is 0.0348 e. The molecule has 2 aromatic carbocycles. The van der Waals surface area contributed by atoms with Crippen molar-refractivity contribution in [1.29, 1.82) is 0 Å².